The van der Waals surface area contributed by atoms with Crippen molar-refractivity contribution >= 4 is 27.8 Å². The number of nitrogens with one attached hydrogen (secondary N) is 1. The normalized spacial score (nSPS) is 19.6. The van der Waals surface area contributed by atoms with Gasteiger partial charge in [0.15, 0.2) is 0 Å². The fraction of sp³-hybridized carbons (Fsp3) is 0.429. The molecule has 12 heteroatoms. The van der Waals surface area contributed by atoms with Crippen molar-refractivity contribution in [2.24, 2.45) is 11.3 Å². The van der Waals surface area contributed by atoms with Crippen molar-refractivity contribution in [2.45, 2.75) is 83.4 Å². The Morgan fingerprint density at radius 1 is 0.981 bits per heavy atom. The summed E-state index contributed by atoms with van der Waals surface area (Å²) in [5.74, 6) is 0.140. The molecule has 2 amide bonds. The van der Waals surface area contributed by atoms with Crippen LogP contribution in [0, 0.1) is 25.2 Å². The number of likely N-dealkylation sites (tertiary alicyclic amines) is 1. The van der Waals surface area contributed by atoms with Gasteiger partial charge in [-0.25, -0.2) is 18.1 Å². The number of amides is 2. The smallest absolute Gasteiger partial charge is 0.264 e. The number of nitrogens with zero attached hydrogens (tertiary/aromatic N) is 4. The lowest BCUT2D eigenvalue weighted by Crippen LogP contribution is -2.60. The summed E-state index contributed by atoms with van der Waals surface area (Å²) in [5, 5.41) is 0. The molecule has 4 bridgehead atoms. The quantitative estimate of drug-likeness (QED) is 0.203. The molecule has 1 saturated heterocycles. The van der Waals surface area contributed by atoms with Crippen molar-refractivity contribution < 1.29 is 28.9 Å². The number of hydrogen-bond donors (Lipinski definition) is 1. The van der Waals surface area contributed by atoms with E-state index < -0.39 is 10.0 Å². The summed E-state index contributed by atoms with van der Waals surface area (Å²) in [7, 11) is -4.16. The zero-order chi connectivity index (χ0) is 38.0. The van der Waals surface area contributed by atoms with Gasteiger partial charge in [0.1, 0.15) is 13.2 Å². The highest BCUT2D eigenvalue weighted by Gasteiger charge is 2.51. The Labute approximate surface area is 319 Å². The Hall–Kier alpha value is -4.81. The second kappa shape index (κ2) is 15.5. The van der Waals surface area contributed by atoms with E-state index in [1.807, 2.05) is 72.2 Å². The number of piperidine rings is 1. The highest BCUT2D eigenvalue weighted by atomic mass is 32.2. The summed E-state index contributed by atoms with van der Waals surface area (Å²) >= 11 is 0. The summed E-state index contributed by atoms with van der Waals surface area (Å²) in [6, 6.07) is 23.3. The lowest BCUT2D eigenvalue weighted by molar-refractivity contribution is -0.141. The van der Waals surface area contributed by atoms with E-state index in [-0.39, 0.29) is 66.6 Å². The van der Waals surface area contributed by atoms with Crippen LogP contribution in [0.2, 0.25) is 0 Å². The summed E-state index contributed by atoms with van der Waals surface area (Å²) in [6.07, 6.45) is 3.98. The molecule has 54 heavy (non-hydrogen) atoms. The van der Waals surface area contributed by atoms with Gasteiger partial charge in [0.05, 0.1) is 23.2 Å². The minimum atomic E-state index is -4.16. The molecule has 0 unspecified atom stereocenters. The van der Waals surface area contributed by atoms with E-state index in [2.05, 4.69) is 28.5 Å². The van der Waals surface area contributed by atoms with E-state index in [9.17, 15) is 18.0 Å². The van der Waals surface area contributed by atoms with Crippen molar-refractivity contribution in [3.63, 3.8) is 0 Å². The predicted octanol–water partition coefficient (Wildman–Crippen LogP) is 7.04. The van der Waals surface area contributed by atoms with Crippen LogP contribution in [0.25, 0.3) is 11.3 Å². The van der Waals surface area contributed by atoms with Crippen LogP contribution in [0.4, 0.5) is 5.95 Å². The number of aryl methyl sites for hydroxylation is 2. The maximum Gasteiger partial charge on any atom is 0.264 e. The van der Waals surface area contributed by atoms with Gasteiger partial charge in [-0.1, -0.05) is 68.4 Å². The van der Waals surface area contributed by atoms with E-state index in [0.29, 0.717) is 37.4 Å². The molecule has 3 aliphatic rings. The molecule has 1 atom stereocenters. The maximum absolute atomic E-state index is 14.6. The first-order valence-electron chi connectivity index (χ1n) is 18.8. The van der Waals surface area contributed by atoms with E-state index >= 15 is 0 Å². The van der Waals surface area contributed by atoms with Crippen LogP contribution in [0.1, 0.15) is 74.4 Å². The van der Waals surface area contributed by atoms with E-state index in [1.54, 1.807) is 18.2 Å². The summed E-state index contributed by atoms with van der Waals surface area (Å²) in [4.78, 5) is 40.6. The van der Waals surface area contributed by atoms with E-state index in [4.69, 9.17) is 9.47 Å². The minimum absolute atomic E-state index is 0. The molecular weight excluding hydrogens is 703 g/mol. The number of rotatable bonds is 8. The van der Waals surface area contributed by atoms with Crippen LogP contribution in [0.3, 0.4) is 0 Å². The molecule has 2 fully saturated rings. The predicted molar refractivity (Wildman–Crippen MR) is 209 cm³/mol. The van der Waals surface area contributed by atoms with Gasteiger partial charge in [0, 0.05) is 37.8 Å². The lowest BCUT2D eigenvalue weighted by Gasteiger charge is -2.56. The highest BCUT2D eigenvalue weighted by Crippen LogP contribution is 2.52. The minimum Gasteiger partial charge on any atom is -0.475 e. The first-order chi connectivity index (χ1) is 25.9. The van der Waals surface area contributed by atoms with Crippen molar-refractivity contribution in [2.75, 3.05) is 31.0 Å². The second-order valence-corrected chi connectivity index (χ2v) is 17.2. The molecule has 7 rings (SSSR count). The first kappa shape index (κ1) is 37.5. The van der Waals surface area contributed by atoms with Crippen LogP contribution < -0.4 is 9.46 Å². The second-order valence-electron chi connectivity index (χ2n) is 15.5. The number of sulfonamides is 1. The largest absolute Gasteiger partial charge is 0.475 e. The number of carbonyl (C=O) groups is 2. The summed E-state index contributed by atoms with van der Waals surface area (Å²) in [6.45, 7) is 10.1. The molecular formula is C42H51N5O6S. The lowest BCUT2D eigenvalue weighted by atomic mass is 9.59. The number of hydrogen-bond acceptors (Lipinski definition) is 8. The average Bonchev–Trinajstić information content (AvgIpc) is 3.13. The van der Waals surface area contributed by atoms with Crippen molar-refractivity contribution in [3.8, 4) is 17.1 Å². The molecule has 3 heterocycles. The van der Waals surface area contributed by atoms with E-state index in [0.717, 1.165) is 47.9 Å². The van der Waals surface area contributed by atoms with Crippen molar-refractivity contribution in [1.82, 2.24) is 19.8 Å². The van der Waals surface area contributed by atoms with Crippen LogP contribution in [0.15, 0.2) is 83.8 Å². The maximum atomic E-state index is 14.6. The molecule has 11 nitrogen and oxygen atoms in total. The van der Waals surface area contributed by atoms with Gasteiger partial charge in [-0.05, 0) is 92.2 Å². The highest BCUT2D eigenvalue weighted by molar-refractivity contribution is 7.92. The third-order valence-corrected chi connectivity index (χ3v) is 12.4. The summed E-state index contributed by atoms with van der Waals surface area (Å²) in [5.41, 5.74) is 4.74. The molecule has 4 aromatic rings. The van der Waals surface area contributed by atoms with Crippen LogP contribution in [-0.2, 0) is 26.2 Å². The molecule has 286 valence electrons. The number of ether oxygens (including phenoxy) is 2. The molecule has 1 N–H and O–H groups in total. The van der Waals surface area contributed by atoms with Crippen LogP contribution in [-0.4, -0.2) is 78.4 Å². The monoisotopic (exact) mass is 753 g/mol. The Bertz CT molecular complexity index is 2100. The number of benzene rings is 3. The third-order valence-electron chi connectivity index (χ3n) is 11.1. The Balaban J connectivity index is 0.00000514. The zero-order valence-corrected chi connectivity index (χ0v) is 32.3. The van der Waals surface area contributed by atoms with Crippen LogP contribution in [0.5, 0.6) is 5.88 Å². The Morgan fingerprint density at radius 2 is 1.69 bits per heavy atom. The van der Waals surface area contributed by atoms with E-state index in [1.165, 1.54) is 12.1 Å². The molecule has 0 radical (unpaired) electrons. The van der Waals surface area contributed by atoms with Gasteiger partial charge in [-0.15, -0.1) is 0 Å². The van der Waals surface area contributed by atoms with Gasteiger partial charge in [-0.3, -0.25) is 9.59 Å². The number of fused-ring (bicyclic) bond motifs is 4. The first-order valence-corrected chi connectivity index (χ1v) is 20.3. The average molecular weight is 754 g/mol. The molecule has 2 aliphatic heterocycles. The number of anilines is 1. The molecule has 1 saturated carbocycles. The molecule has 1 aliphatic carbocycles. The van der Waals surface area contributed by atoms with Gasteiger partial charge >= 0.3 is 0 Å². The Kier molecular flexibility index (Phi) is 10.8. The fourth-order valence-electron chi connectivity index (χ4n) is 8.33. The van der Waals surface area contributed by atoms with Gasteiger partial charge in [0.2, 0.25) is 17.7 Å². The molecule has 3 aromatic carbocycles. The third kappa shape index (κ3) is 8.14. The number of carbonyl (C=O) groups excluding carboxylic acids is 2. The SMILES string of the molecule is Cc1cccc(C)c1-c1cc2nc(n1)NS(=O)(=O)c1cccc(c1)C(=O)N(C1CC3(CCN(C(=O)COCc4ccccc4)CC3)C1)[C@H](CC(C)C)CO2.[HH]. The molecule has 1 aromatic heterocycles. The Morgan fingerprint density at radius 3 is 2.39 bits per heavy atom. The van der Waals surface area contributed by atoms with Crippen molar-refractivity contribution in [1.29, 1.82) is 0 Å². The summed E-state index contributed by atoms with van der Waals surface area (Å²) < 4.78 is 42.2. The number of aromatic nitrogens is 2. The van der Waals surface area contributed by atoms with Crippen LogP contribution >= 0.6 is 0 Å². The van der Waals surface area contributed by atoms with Crippen molar-refractivity contribution in [3.05, 3.63) is 101 Å². The molecule has 1 spiro atoms. The van der Waals surface area contributed by atoms with Gasteiger partial charge < -0.3 is 19.3 Å². The topological polar surface area (TPSA) is 131 Å². The van der Waals surface area contributed by atoms with Gasteiger partial charge in [0.25, 0.3) is 15.9 Å². The standard InChI is InChI=1S/C42H49N5O6S.H2/c1-28(2)20-33-26-53-37-22-36(39-29(3)10-8-11-30(39)4)43-41(44-37)45-54(50,51)35-15-9-14-32(21-35)40(49)47(33)34-23-42(24-34)16-18-46(19-17-42)38(48)27-52-25-31-12-6-5-7-13-31;/h5-15,21-22,28,33-34H,16-20,23-27H2,1-4H3,(H,43,44,45);1H/t33-;/m1./s1. The fourth-order valence-corrected chi connectivity index (χ4v) is 9.32. The zero-order valence-electron chi connectivity index (χ0n) is 31.5. The van der Waals surface area contributed by atoms with Gasteiger partial charge in [-0.2, -0.15) is 4.98 Å².